The molecule has 0 saturated heterocycles. The lowest BCUT2D eigenvalue weighted by molar-refractivity contribution is -0.383. The summed E-state index contributed by atoms with van der Waals surface area (Å²) in [7, 11) is 1.50. The van der Waals surface area contributed by atoms with Crippen LogP contribution in [0.25, 0.3) is 0 Å². The molecule has 0 aliphatic rings. The molecule has 0 aliphatic carbocycles. The Kier molecular flexibility index (Phi) is 5.78. The largest absolute Gasteiger partial charge is 0.497 e. The van der Waals surface area contributed by atoms with Gasteiger partial charge in [0.15, 0.2) is 0 Å². The van der Waals surface area contributed by atoms with Gasteiger partial charge < -0.3 is 10.1 Å². The van der Waals surface area contributed by atoms with E-state index in [9.17, 15) is 19.3 Å². The summed E-state index contributed by atoms with van der Waals surface area (Å²) in [6.07, 6.45) is 1.10. The second-order valence-electron chi connectivity index (χ2n) is 5.62. The van der Waals surface area contributed by atoms with E-state index in [-0.39, 0.29) is 17.2 Å². The van der Waals surface area contributed by atoms with Crippen molar-refractivity contribution in [3.8, 4) is 5.75 Å². The van der Waals surface area contributed by atoms with Gasteiger partial charge in [-0.2, -0.15) is 0 Å². The van der Waals surface area contributed by atoms with E-state index in [0.29, 0.717) is 11.4 Å². The molecule has 1 heterocycles. The van der Waals surface area contributed by atoms with Crippen LogP contribution in [0.15, 0.2) is 54.9 Å². The molecule has 148 valence electrons. The van der Waals surface area contributed by atoms with Crippen LogP contribution in [-0.2, 0) is 0 Å². The molecule has 0 bridgehead atoms. The van der Waals surface area contributed by atoms with Crippen molar-refractivity contribution in [3.63, 3.8) is 0 Å². The van der Waals surface area contributed by atoms with Crippen molar-refractivity contribution in [1.29, 1.82) is 0 Å². The van der Waals surface area contributed by atoms with E-state index in [1.807, 2.05) is 0 Å². The predicted molar refractivity (Wildman–Crippen MR) is 102 cm³/mol. The van der Waals surface area contributed by atoms with Crippen LogP contribution >= 0.6 is 0 Å². The van der Waals surface area contributed by atoms with Crippen molar-refractivity contribution in [1.82, 2.24) is 15.4 Å². The Labute approximate surface area is 163 Å². The third-order valence-corrected chi connectivity index (χ3v) is 3.74. The minimum absolute atomic E-state index is 0.0863. The lowest BCUT2D eigenvalue weighted by Crippen LogP contribution is -2.30. The number of hydrazine groups is 1. The molecule has 3 rings (SSSR count). The number of halogens is 1. The molecule has 0 unspecified atom stereocenters. The average molecular weight is 398 g/mol. The minimum Gasteiger partial charge on any atom is -0.497 e. The lowest BCUT2D eigenvalue weighted by atomic mass is 10.2. The van der Waals surface area contributed by atoms with Gasteiger partial charge in [-0.25, -0.2) is 14.4 Å². The Balaban J connectivity index is 1.81. The van der Waals surface area contributed by atoms with Crippen molar-refractivity contribution in [3.05, 3.63) is 76.4 Å². The number of anilines is 3. The fraction of sp³-hybridized carbons (Fsp3) is 0.0556. The third-order valence-electron chi connectivity index (χ3n) is 3.74. The van der Waals surface area contributed by atoms with E-state index in [1.165, 1.54) is 19.2 Å². The third kappa shape index (κ3) is 4.71. The number of nitro groups is 1. The van der Waals surface area contributed by atoms with Gasteiger partial charge in [0.25, 0.3) is 5.91 Å². The molecule has 3 N–H and O–H groups in total. The van der Waals surface area contributed by atoms with E-state index < -0.39 is 22.3 Å². The normalized spacial score (nSPS) is 10.1. The van der Waals surface area contributed by atoms with E-state index in [4.69, 9.17) is 4.74 Å². The van der Waals surface area contributed by atoms with Crippen LogP contribution in [-0.4, -0.2) is 27.9 Å². The summed E-state index contributed by atoms with van der Waals surface area (Å²) < 4.78 is 18.1. The highest BCUT2D eigenvalue weighted by Crippen LogP contribution is 2.31. The van der Waals surface area contributed by atoms with Gasteiger partial charge in [0.2, 0.25) is 11.6 Å². The van der Waals surface area contributed by atoms with Crippen molar-refractivity contribution in [2.75, 3.05) is 17.9 Å². The van der Waals surface area contributed by atoms with Crippen LogP contribution in [0.4, 0.5) is 27.4 Å². The van der Waals surface area contributed by atoms with Gasteiger partial charge in [-0.15, -0.1) is 0 Å². The smallest absolute Gasteiger partial charge is 0.355 e. The fourth-order valence-electron chi connectivity index (χ4n) is 2.36. The molecular weight excluding hydrogens is 383 g/mol. The Morgan fingerprint density at radius 1 is 1.14 bits per heavy atom. The molecule has 0 spiro atoms. The molecule has 0 aliphatic heterocycles. The van der Waals surface area contributed by atoms with E-state index in [2.05, 4.69) is 26.1 Å². The highest BCUT2D eigenvalue weighted by molar-refractivity contribution is 5.95. The SMILES string of the molecule is COc1cccc(Nc2ncnc(NNC(=O)c3ccc(F)cc3)c2[N+](=O)[O-])c1. The lowest BCUT2D eigenvalue weighted by Gasteiger charge is -2.11. The number of aromatic nitrogens is 2. The molecule has 1 amide bonds. The van der Waals surface area contributed by atoms with Crippen LogP contribution in [0.3, 0.4) is 0 Å². The van der Waals surface area contributed by atoms with Crippen LogP contribution in [0.2, 0.25) is 0 Å². The van der Waals surface area contributed by atoms with Crippen molar-refractivity contribution in [2.45, 2.75) is 0 Å². The van der Waals surface area contributed by atoms with Crippen LogP contribution in [0.1, 0.15) is 10.4 Å². The van der Waals surface area contributed by atoms with Crippen molar-refractivity contribution >= 4 is 28.9 Å². The predicted octanol–water partition coefficient (Wildman–Crippen LogP) is 3.03. The van der Waals surface area contributed by atoms with Gasteiger partial charge in [0.1, 0.15) is 17.9 Å². The molecule has 0 fully saturated rings. The van der Waals surface area contributed by atoms with Gasteiger partial charge in [0, 0.05) is 17.3 Å². The fourth-order valence-corrected chi connectivity index (χ4v) is 2.36. The zero-order chi connectivity index (χ0) is 20.8. The molecule has 0 radical (unpaired) electrons. The van der Waals surface area contributed by atoms with Gasteiger partial charge in [-0.05, 0) is 36.4 Å². The first-order chi connectivity index (χ1) is 14.0. The Morgan fingerprint density at radius 2 is 1.86 bits per heavy atom. The number of carbonyl (C=O) groups is 1. The maximum atomic E-state index is 13.0. The summed E-state index contributed by atoms with van der Waals surface area (Å²) in [5.74, 6) is -0.881. The van der Waals surface area contributed by atoms with Crippen LogP contribution in [0.5, 0.6) is 5.75 Å². The second kappa shape index (κ2) is 8.61. The molecular formula is C18H15FN6O4. The number of benzene rings is 2. The van der Waals surface area contributed by atoms with E-state index >= 15 is 0 Å². The molecule has 1 aromatic heterocycles. The first kappa shape index (κ1) is 19.5. The van der Waals surface area contributed by atoms with Crippen molar-refractivity contribution in [2.24, 2.45) is 0 Å². The Morgan fingerprint density at radius 3 is 2.55 bits per heavy atom. The highest BCUT2D eigenvalue weighted by atomic mass is 19.1. The molecule has 29 heavy (non-hydrogen) atoms. The zero-order valence-corrected chi connectivity index (χ0v) is 15.0. The first-order valence-corrected chi connectivity index (χ1v) is 8.20. The molecule has 2 aromatic carbocycles. The van der Waals surface area contributed by atoms with Crippen molar-refractivity contribution < 1.29 is 18.8 Å². The number of hydrogen-bond acceptors (Lipinski definition) is 8. The summed E-state index contributed by atoms with van der Waals surface area (Å²) in [6, 6.07) is 11.5. The second-order valence-corrected chi connectivity index (χ2v) is 5.62. The number of ether oxygens (including phenoxy) is 1. The highest BCUT2D eigenvalue weighted by Gasteiger charge is 2.24. The van der Waals surface area contributed by atoms with Gasteiger partial charge >= 0.3 is 5.69 Å². The topological polar surface area (TPSA) is 131 Å². The number of methoxy groups -OCH3 is 1. The maximum absolute atomic E-state index is 13.0. The number of carbonyl (C=O) groups excluding carboxylic acids is 1. The standard InChI is InChI=1S/C18H15FN6O4/c1-29-14-4-2-3-13(9-14)22-16-15(25(27)28)17(21-10-20-16)23-24-18(26)11-5-7-12(19)8-6-11/h2-10H,1H3,(H,24,26)(H2,20,21,22,23). The average Bonchev–Trinajstić information content (AvgIpc) is 2.72. The van der Waals surface area contributed by atoms with E-state index in [1.54, 1.807) is 24.3 Å². The summed E-state index contributed by atoms with van der Waals surface area (Å²) in [5.41, 5.74) is 4.88. The molecule has 10 nitrogen and oxygen atoms in total. The molecule has 0 atom stereocenters. The zero-order valence-electron chi connectivity index (χ0n) is 15.0. The molecule has 3 aromatic rings. The Bertz CT molecular complexity index is 1040. The first-order valence-electron chi connectivity index (χ1n) is 8.20. The van der Waals surface area contributed by atoms with Gasteiger partial charge in [-0.3, -0.25) is 25.8 Å². The quantitative estimate of drug-likeness (QED) is 0.409. The number of rotatable bonds is 7. The Hall–Kier alpha value is -4.28. The van der Waals surface area contributed by atoms with Gasteiger partial charge in [0.05, 0.1) is 12.0 Å². The maximum Gasteiger partial charge on any atom is 0.355 e. The summed E-state index contributed by atoms with van der Waals surface area (Å²) >= 11 is 0. The van der Waals surface area contributed by atoms with Gasteiger partial charge in [-0.1, -0.05) is 6.07 Å². The van der Waals surface area contributed by atoms with Crippen LogP contribution in [0, 0.1) is 15.9 Å². The van der Waals surface area contributed by atoms with Crippen LogP contribution < -0.4 is 20.9 Å². The summed E-state index contributed by atoms with van der Waals surface area (Å²) in [6.45, 7) is 0. The molecule has 11 heteroatoms. The summed E-state index contributed by atoms with van der Waals surface area (Å²) in [4.78, 5) is 30.7. The monoisotopic (exact) mass is 398 g/mol. The number of nitrogens with zero attached hydrogens (tertiary/aromatic N) is 3. The number of nitrogens with one attached hydrogen (secondary N) is 3. The number of amides is 1. The molecule has 0 saturated carbocycles. The summed E-state index contributed by atoms with van der Waals surface area (Å²) in [5, 5.41) is 14.4. The number of hydrogen-bond donors (Lipinski definition) is 3. The minimum atomic E-state index is -0.686. The van der Waals surface area contributed by atoms with E-state index in [0.717, 1.165) is 18.5 Å².